The molecule has 1 amide bonds. The smallest absolute Gasteiger partial charge is 0.227 e. The first-order valence-electron chi connectivity index (χ1n) is 10.3. The molecule has 0 unspecified atom stereocenters. The fourth-order valence-electron chi connectivity index (χ4n) is 3.36. The molecule has 2 aromatic carbocycles. The summed E-state index contributed by atoms with van der Waals surface area (Å²) in [6.45, 7) is 2.69. The Hall–Kier alpha value is -2.93. The molecular weight excluding hydrogens is 421 g/mol. The minimum absolute atomic E-state index is 0.0809. The molecule has 0 spiro atoms. The van der Waals surface area contributed by atoms with Crippen molar-refractivity contribution < 1.29 is 18.4 Å². The second kappa shape index (κ2) is 9.47. The highest BCUT2D eigenvalue weighted by molar-refractivity contribution is 6.31. The van der Waals surface area contributed by atoms with Crippen LogP contribution in [0, 0.1) is 5.82 Å². The molecule has 1 aliphatic rings. The summed E-state index contributed by atoms with van der Waals surface area (Å²) in [4.78, 5) is 18.9. The van der Waals surface area contributed by atoms with Crippen molar-refractivity contribution >= 4 is 17.5 Å². The molecule has 3 aromatic rings. The lowest BCUT2D eigenvalue weighted by Gasteiger charge is -2.23. The lowest BCUT2D eigenvalue weighted by molar-refractivity contribution is -0.132. The largest absolute Gasteiger partial charge is 0.494 e. The zero-order valence-corrected chi connectivity index (χ0v) is 17.9. The molecule has 0 aliphatic heterocycles. The second-order valence-electron chi connectivity index (χ2n) is 7.42. The summed E-state index contributed by atoms with van der Waals surface area (Å²) in [6.07, 6.45) is 2.35. The standard InChI is InChI=1S/C23H23ClFN3O3/c1-2-30-17-10-6-15(7-11-17)23-26-21(31-27-23)12-13-22(29)28(16-8-9-16)14-18-19(24)4-3-5-20(18)25/h3-7,10-11,16H,2,8-9,12-14H2,1H3. The van der Waals surface area contributed by atoms with Crippen LogP contribution in [0.1, 0.15) is 37.6 Å². The van der Waals surface area contributed by atoms with Gasteiger partial charge in [0.05, 0.1) is 13.2 Å². The van der Waals surface area contributed by atoms with E-state index in [0.29, 0.717) is 35.3 Å². The third-order valence-corrected chi connectivity index (χ3v) is 5.50. The van der Waals surface area contributed by atoms with Crippen LogP contribution < -0.4 is 4.74 Å². The number of amides is 1. The summed E-state index contributed by atoms with van der Waals surface area (Å²) in [5.74, 6) is 1.14. The Morgan fingerprint density at radius 3 is 2.71 bits per heavy atom. The summed E-state index contributed by atoms with van der Waals surface area (Å²) >= 11 is 6.15. The summed E-state index contributed by atoms with van der Waals surface area (Å²) in [5.41, 5.74) is 1.15. The maximum absolute atomic E-state index is 14.2. The third kappa shape index (κ3) is 5.22. The van der Waals surface area contributed by atoms with Crippen LogP contribution in [-0.4, -0.2) is 33.6 Å². The van der Waals surface area contributed by atoms with Crippen molar-refractivity contribution in [1.29, 1.82) is 0 Å². The zero-order chi connectivity index (χ0) is 21.8. The van der Waals surface area contributed by atoms with E-state index in [0.717, 1.165) is 24.2 Å². The van der Waals surface area contributed by atoms with Crippen molar-refractivity contribution in [3.8, 4) is 17.1 Å². The molecule has 1 fully saturated rings. The number of aryl methyl sites for hydroxylation is 1. The topological polar surface area (TPSA) is 68.5 Å². The number of rotatable bonds is 9. The van der Waals surface area contributed by atoms with Gasteiger partial charge in [0.1, 0.15) is 11.6 Å². The minimum Gasteiger partial charge on any atom is -0.494 e. The molecule has 31 heavy (non-hydrogen) atoms. The first-order valence-corrected chi connectivity index (χ1v) is 10.7. The molecule has 1 heterocycles. The summed E-state index contributed by atoms with van der Waals surface area (Å²) < 4.78 is 24.9. The Labute approximate surface area is 185 Å². The average Bonchev–Trinajstić information content (AvgIpc) is 3.49. The van der Waals surface area contributed by atoms with Crippen molar-refractivity contribution in [2.45, 2.75) is 45.2 Å². The minimum atomic E-state index is -0.400. The summed E-state index contributed by atoms with van der Waals surface area (Å²) in [7, 11) is 0. The molecule has 1 saturated carbocycles. The molecule has 0 saturated heterocycles. The normalized spacial score (nSPS) is 13.3. The van der Waals surface area contributed by atoms with Gasteiger partial charge in [0, 0.05) is 35.0 Å². The van der Waals surface area contributed by atoms with Crippen LogP contribution in [0.3, 0.4) is 0 Å². The quantitative estimate of drug-likeness (QED) is 0.462. The average molecular weight is 444 g/mol. The van der Waals surface area contributed by atoms with E-state index in [9.17, 15) is 9.18 Å². The van der Waals surface area contributed by atoms with Gasteiger partial charge in [-0.15, -0.1) is 0 Å². The number of ether oxygens (including phenoxy) is 1. The van der Waals surface area contributed by atoms with E-state index < -0.39 is 5.82 Å². The lowest BCUT2D eigenvalue weighted by atomic mass is 10.1. The van der Waals surface area contributed by atoms with Crippen molar-refractivity contribution in [2.75, 3.05) is 6.61 Å². The Balaban J connectivity index is 1.38. The van der Waals surface area contributed by atoms with Gasteiger partial charge >= 0.3 is 0 Å². The highest BCUT2D eigenvalue weighted by Gasteiger charge is 2.33. The molecule has 6 nitrogen and oxygen atoms in total. The van der Waals surface area contributed by atoms with Crippen molar-refractivity contribution in [1.82, 2.24) is 15.0 Å². The fraction of sp³-hybridized carbons (Fsp3) is 0.348. The number of carbonyl (C=O) groups is 1. The second-order valence-corrected chi connectivity index (χ2v) is 7.83. The maximum Gasteiger partial charge on any atom is 0.227 e. The Kier molecular flexibility index (Phi) is 6.51. The van der Waals surface area contributed by atoms with Gasteiger partial charge in [-0.3, -0.25) is 4.79 Å². The van der Waals surface area contributed by atoms with Crippen LogP contribution in [0.25, 0.3) is 11.4 Å². The van der Waals surface area contributed by atoms with Crippen LogP contribution in [-0.2, 0) is 17.8 Å². The summed E-state index contributed by atoms with van der Waals surface area (Å²) in [6, 6.07) is 12.1. The molecule has 8 heteroatoms. The predicted octanol–water partition coefficient (Wildman–Crippen LogP) is 5.05. The molecule has 1 aliphatic carbocycles. The molecule has 0 N–H and O–H groups in total. The number of hydrogen-bond acceptors (Lipinski definition) is 5. The highest BCUT2D eigenvalue weighted by atomic mass is 35.5. The van der Waals surface area contributed by atoms with Crippen LogP contribution in [0.4, 0.5) is 4.39 Å². The molecule has 162 valence electrons. The van der Waals surface area contributed by atoms with Gasteiger partial charge in [0.15, 0.2) is 0 Å². The van der Waals surface area contributed by atoms with Gasteiger partial charge in [0.2, 0.25) is 17.6 Å². The lowest BCUT2D eigenvalue weighted by Crippen LogP contribution is -2.33. The molecule has 0 bridgehead atoms. The fourth-order valence-corrected chi connectivity index (χ4v) is 3.58. The van der Waals surface area contributed by atoms with E-state index in [4.69, 9.17) is 20.9 Å². The molecule has 1 aromatic heterocycles. The monoisotopic (exact) mass is 443 g/mol. The SMILES string of the molecule is CCOc1ccc(-c2noc(CCC(=O)N(Cc3c(F)cccc3Cl)C3CC3)n2)cc1. The number of carbonyl (C=O) groups excluding carboxylic acids is 1. The van der Waals surface area contributed by atoms with Crippen LogP contribution >= 0.6 is 11.6 Å². The molecular formula is C23H23ClFN3O3. The van der Waals surface area contributed by atoms with Gasteiger partial charge in [-0.2, -0.15) is 4.98 Å². The third-order valence-electron chi connectivity index (χ3n) is 5.14. The number of benzene rings is 2. The van der Waals surface area contributed by atoms with E-state index in [2.05, 4.69) is 10.1 Å². The van der Waals surface area contributed by atoms with Crippen LogP contribution in [0.15, 0.2) is 47.0 Å². The van der Waals surface area contributed by atoms with Gasteiger partial charge in [0.25, 0.3) is 0 Å². The van der Waals surface area contributed by atoms with Gasteiger partial charge in [-0.25, -0.2) is 4.39 Å². The van der Waals surface area contributed by atoms with Gasteiger partial charge < -0.3 is 14.2 Å². The van der Waals surface area contributed by atoms with E-state index in [-0.39, 0.29) is 24.9 Å². The van der Waals surface area contributed by atoms with Crippen LogP contribution in [0.2, 0.25) is 5.02 Å². The van der Waals surface area contributed by atoms with Gasteiger partial charge in [-0.05, 0) is 56.2 Å². The first kappa shape index (κ1) is 21.3. The number of hydrogen-bond donors (Lipinski definition) is 0. The van der Waals surface area contributed by atoms with E-state index >= 15 is 0 Å². The Bertz CT molecular complexity index is 1030. The van der Waals surface area contributed by atoms with Gasteiger partial charge in [-0.1, -0.05) is 22.8 Å². The maximum atomic E-state index is 14.2. The zero-order valence-electron chi connectivity index (χ0n) is 17.2. The molecule has 0 atom stereocenters. The van der Waals surface area contributed by atoms with Crippen molar-refractivity contribution in [2.24, 2.45) is 0 Å². The molecule has 0 radical (unpaired) electrons. The van der Waals surface area contributed by atoms with Crippen molar-refractivity contribution in [3.63, 3.8) is 0 Å². The predicted molar refractivity (Wildman–Crippen MR) is 114 cm³/mol. The number of aromatic nitrogens is 2. The van der Waals surface area contributed by atoms with E-state index in [1.165, 1.54) is 6.07 Å². The van der Waals surface area contributed by atoms with Crippen molar-refractivity contribution in [3.05, 3.63) is 64.8 Å². The summed E-state index contributed by atoms with van der Waals surface area (Å²) in [5, 5.41) is 4.33. The number of halogens is 2. The Morgan fingerprint density at radius 1 is 1.26 bits per heavy atom. The van der Waals surface area contributed by atoms with E-state index in [1.807, 2.05) is 31.2 Å². The first-order chi connectivity index (χ1) is 15.0. The highest BCUT2D eigenvalue weighted by Crippen LogP contribution is 2.31. The van der Waals surface area contributed by atoms with Crippen LogP contribution in [0.5, 0.6) is 5.75 Å². The van der Waals surface area contributed by atoms with E-state index in [1.54, 1.807) is 17.0 Å². The number of nitrogens with zero attached hydrogens (tertiary/aromatic N) is 3. The molecule has 4 rings (SSSR count). The Morgan fingerprint density at radius 2 is 2.03 bits per heavy atom.